The first-order valence-corrected chi connectivity index (χ1v) is 4.19. The smallest absolute Gasteiger partial charge is 0.152 e. The fourth-order valence-electron chi connectivity index (χ4n) is 1.23. The van der Waals surface area contributed by atoms with Crippen LogP contribution in [0.25, 0.3) is 11.0 Å². The van der Waals surface area contributed by atoms with Gasteiger partial charge in [0.25, 0.3) is 0 Å². The Labute approximate surface area is 79.7 Å². The van der Waals surface area contributed by atoms with Gasteiger partial charge < -0.3 is 4.98 Å². The lowest BCUT2D eigenvalue weighted by Crippen LogP contribution is -1.84. The van der Waals surface area contributed by atoms with Crippen molar-refractivity contribution >= 4 is 28.9 Å². The Morgan fingerprint density at radius 3 is 3.08 bits per heavy atom. The summed E-state index contributed by atoms with van der Waals surface area (Å²) in [6.07, 6.45) is 2.41. The number of H-pyrrole nitrogens is 1. The quantitative estimate of drug-likeness (QED) is 0.709. The molecule has 0 unspecified atom stereocenters. The molecule has 0 aliphatic carbocycles. The van der Waals surface area contributed by atoms with Crippen LogP contribution in [0.5, 0.6) is 0 Å². The minimum absolute atomic E-state index is 0.579. The third-order valence-corrected chi connectivity index (χ3v) is 2.34. The van der Waals surface area contributed by atoms with E-state index < -0.39 is 0 Å². The van der Waals surface area contributed by atoms with E-state index in [0.29, 0.717) is 16.2 Å². The molecule has 0 aliphatic heterocycles. The average molecular weight is 195 g/mol. The molecule has 0 spiro atoms. The number of aryl methyl sites for hydroxylation is 1. The standard InChI is InChI=1S/C9H7ClN2O/c1-5-8(10)2-7-6(4-13)3-11-9(7)12-5/h2-4H,1H3,(H,11,12). The fourth-order valence-corrected chi connectivity index (χ4v) is 1.38. The molecule has 0 saturated heterocycles. The largest absolute Gasteiger partial charge is 0.345 e. The molecule has 4 heteroatoms. The number of nitrogens with one attached hydrogen (secondary N) is 1. The van der Waals surface area contributed by atoms with Crippen molar-refractivity contribution in [3.63, 3.8) is 0 Å². The van der Waals surface area contributed by atoms with E-state index in [4.69, 9.17) is 11.6 Å². The van der Waals surface area contributed by atoms with Crippen molar-refractivity contribution in [2.45, 2.75) is 6.92 Å². The van der Waals surface area contributed by atoms with E-state index in [1.807, 2.05) is 6.92 Å². The molecule has 0 atom stereocenters. The van der Waals surface area contributed by atoms with Crippen molar-refractivity contribution < 1.29 is 4.79 Å². The number of hydrogen-bond donors (Lipinski definition) is 1. The molecule has 0 aliphatic rings. The zero-order valence-electron chi connectivity index (χ0n) is 6.97. The Morgan fingerprint density at radius 2 is 2.38 bits per heavy atom. The Balaban J connectivity index is 2.84. The Bertz CT molecular complexity index is 476. The molecule has 0 bridgehead atoms. The second kappa shape index (κ2) is 2.85. The summed E-state index contributed by atoms with van der Waals surface area (Å²) < 4.78 is 0. The van der Waals surface area contributed by atoms with Crippen LogP contribution in [-0.2, 0) is 0 Å². The minimum atomic E-state index is 0.579. The summed E-state index contributed by atoms with van der Waals surface area (Å²) in [6.45, 7) is 1.82. The predicted octanol–water partition coefficient (Wildman–Crippen LogP) is 2.34. The van der Waals surface area contributed by atoms with Crippen LogP contribution in [0.1, 0.15) is 16.1 Å². The highest BCUT2D eigenvalue weighted by Crippen LogP contribution is 2.21. The molecule has 2 rings (SSSR count). The van der Waals surface area contributed by atoms with Crippen molar-refractivity contribution in [1.82, 2.24) is 9.97 Å². The topological polar surface area (TPSA) is 45.8 Å². The highest BCUT2D eigenvalue weighted by atomic mass is 35.5. The molecular formula is C9H7ClN2O. The molecule has 0 radical (unpaired) electrons. The third-order valence-electron chi connectivity index (χ3n) is 1.95. The van der Waals surface area contributed by atoms with Gasteiger partial charge in [0.15, 0.2) is 6.29 Å². The van der Waals surface area contributed by atoms with Crippen molar-refractivity contribution in [3.8, 4) is 0 Å². The zero-order chi connectivity index (χ0) is 9.42. The molecule has 2 aromatic rings. The molecule has 0 saturated carbocycles. The molecule has 66 valence electrons. The van der Waals surface area contributed by atoms with Gasteiger partial charge in [-0.1, -0.05) is 11.6 Å². The first kappa shape index (κ1) is 8.26. The number of rotatable bonds is 1. The van der Waals surface area contributed by atoms with Crippen LogP contribution in [0.4, 0.5) is 0 Å². The SMILES string of the molecule is Cc1nc2[nH]cc(C=O)c2cc1Cl. The number of fused-ring (bicyclic) bond motifs is 1. The number of carbonyl (C=O) groups excluding carboxylic acids is 1. The Morgan fingerprint density at radius 1 is 1.62 bits per heavy atom. The summed E-state index contributed by atoms with van der Waals surface area (Å²) in [5.41, 5.74) is 2.04. The van der Waals surface area contributed by atoms with Gasteiger partial charge in [0.05, 0.1) is 10.7 Å². The summed E-state index contributed by atoms with van der Waals surface area (Å²) in [7, 11) is 0. The van der Waals surface area contributed by atoms with Crippen LogP contribution in [0.2, 0.25) is 5.02 Å². The maximum absolute atomic E-state index is 10.6. The maximum Gasteiger partial charge on any atom is 0.152 e. The van der Waals surface area contributed by atoms with E-state index in [0.717, 1.165) is 17.4 Å². The number of aromatic nitrogens is 2. The van der Waals surface area contributed by atoms with Crippen molar-refractivity contribution in [2.24, 2.45) is 0 Å². The molecule has 0 amide bonds. The number of carbonyl (C=O) groups is 1. The second-order valence-corrected chi connectivity index (χ2v) is 3.22. The van der Waals surface area contributed by atoms with E-state index in [2.05, 4.69) is 9.97 Å². The van der Waals surface area contributed by atoms with Crippen molar-refractivity contribution in [3.05, 3.63) is 28.5 Å². The van der Waals surface area contributed by atoms with E-state index in [9.17, 15) is 4.79 Å². The predicted molar refractivity (Wildman–Crippen MR) is 51.2 cm³/mol. The van der Waals surface area contributed by atoms with Gasteiger partial charge in [-0.3, -0.25) is 4.79 Å². The van der Waals surface area contributed by atoms with Crippen molar-refractivity contribution in [1.29, 1.82) is 0 Å². The van der Waals surface area contributed by atoms with Gasteiger partial charge in [0.2, 0.25) is 0 Å². The van der Waals surface area contributed by atoms with Gasteiger partial charge in [-0.05, 0) is 13.0 Å². The van der Waals surface area contributed by atoms with Gasteiger partial charge in [-0.15, -0.1) is 0 Å². The normalized spacial score (nSPS) is 10.6. The third kappa shape index (κ3) is 1.21. The summed E-state index contributed by atoms with van der Waals surface area (Å²) in [5.74, 6) is 0. The van der Waals surface area contributed by atoms with E-state index in [-0.39, 0.29) is 0 Å². The number of halogens is 1. The molecule has 2 aromatic heterocycles. The van der Waals surface area contributed by atoms with Crippen LogP contribution in [0.3, 0.4) is 0 Å². The number of nitrogens with zero attached hydrogens (tertiary/aromatic N) is 1. The van der Waals surface area contributed by atoms with E-state index >= 15 is 0 Å². The average Bonchev–Trinajstić information content (AvgIpc) is 2.48. The molecule has 13 heavy (non-hydrogen) atoms. The summed E-state index contributed by atoms with van der Waals surface area (Å²) >= 11 is 5.88. The van der Waals surface area contributed by atoms with E-state index in [1.54, 1.807) is 12.3 Å². The van der Waals surface area contributed by atoms with E-state index in [1.165, 1.54) is 0 Å². The first-order valence-electron chi connectivity index (χ1n) is 3.82. The van der Waals surface area contributed by atoms with Crippen LogP contribution < -0.4 is 0 Å². The van der Waals surface area contributed by atoms with Gasteiger partial charge >= 0.3 is 0 Å². The van der Waals surface area contributed by atoms with Gasteiger partial charge in [0.1, 0.15) is 5.65 Å². The lowest BCUT2D eigenvalue weighted by atomic mass is 10.2. The molecule has 3 nitrogen and oxygen atoms in total. The van der Waals surface area contributed by atoms with Gasteiger partial charge in [-0.2, -0.15) is 0 Å². The lowest BCUT2D eigenvalue weighted by molar-refractivity contribution is 0.112. The van der Waals surface area contributed by atoms with Crippen LogP contribution in [-0.4, -0.2) is 16.3 Å². The fraction of sp³-hybridized carbons (Fsp3) is 0.111. The van der Waals surface area contributed by atoms with Gasteiger partial charge in [0, 0.05) is 17.1 Å². The zero-order valence-corrected chi connectivity index (χ0v) is 7.72. The number of hydrogen-bond acceptors (Lipinski definition) is 2. The molecular weight excluding hydrogens is 188 g/mol. The van der Waals surface area contributed by atoms with Crippen LogP contribution in [0.15, 0.2) is 12.3 Å². The maximum atomic E-state index is 10.6. The monoisotopic (exact) mass is 194 g/mol. The Kier molecular flexibility index (Phi) is 1.81. The number of aldehydes is 1. The second-order valence-electron chi connectivity index (χ2n) is 2.81. The van der Waals surface area contributed by atoms with Gasteiger partial charge in [-0.25, -0.2) is 4.98 Å². The minimum Gasteiger partial charge on any atom is -0.345 e. The highest BCUT2D eigenvalue weighted by Gasteiger charge is 2.06. The molecule has 1 N–H and O–H groups in total. The first-order chi connectivity index (χ1) is 6.22. The lowest BCUT2D eigenvalue weighted by Gasteiger charge is -1.96. The van der Waals surface area contributed by atoms with Crippen molar-refractivity contribution in [2.75, 3.05) is 0 Å². The van der Waals surface area contributed by atoms with Crippen LogP contribution >= 0.6 is 11.6 Å². The highest BCUT2D eigenvalue weighted by molar-refractivity contribution is 6.32. The number of aromatic amines is 1. The summed E-state index contributed by atoms with van der Waals surface area (Å²) in [5, 5.41) is 1.35. The Hall–Kier alpha value is -1.35. The summed E-state index contributed by atoms with van der Waals surface area (Å²) in [6, 6.07) is 1.75. The molecule has 2 heterocycles. The van der Waals surface area contributed by atoms with Crippen LogP contribution in [0, 0.1) is 6.92 Å². The molecule has 0 aromatic carbocycles. The summed E-state index contributed by atoms with van der Waals surface area (Å²) in [4.78, 5) is 17.7. The number of pyridine rings is 1. The molecule has 0 fully saturated rings.